The lowest BCUT2D eigenvalue weighted by atomic mass is 10.1. The summed E-state index contributed by atoms with van der Waals surface area (Å²) in [6, 6.07) is 31.7. The summed E-state index contributed by atoms with van der Waals surface area (Å²) < 4.78 is 1.69. The molecule has 0 radical (unpaired) electrons. The molecule has 0 saturated carbocycles. The van der Waals surface area contributed by atoms with Gasteiger partial charge in [0.25, 0.3) is 5.56 Å². The summed E-state index contributed by atoms with van der Waals surface area (Å²) in [6.45, 7) is 1.99. The fourth-order valence-corrected chi connectivity index (χ4v) is 4.54. The van der Waals surface area contributed by atoms with E-state index in [4.69, 9.17) is 4.98 Å². The Morgan fingerprint density at radius 3 is 2.42 bits per heavy atom. The topological polar surface area (TPSA) is 47.8 Å². The number of para-hydroxylation sites is 1. The van der Waals surface area contributed by atoms with Crippen molar-refractivity contribution in [2.24, 2.45) is 0 Å². The Morgan fingerprint density at radius 1 is 0.763 bits per heavy atom. The zero-order valence-corrected chi connectivity index (χ0v) is 20.8. The summed E-state index contributed by atoms with van der Waals surface area (Å²) in [4.78, 5) is 22.7. The standard InChI is InChI=1S/C34H23N3O/c1-24-21-25(12-13-27-7-6-20-35-23-27)15-18-32(24)37-33(36-31-11-5-4-10-30(31)34(37)38)19-16-26-14-17-28-8-2-3-9-29(28)22-26/h2-11,14-23H,1H3/b19-16+. The lowest BCUT2D eigenvalue weighted by Gasteiger charge is -2.14. The fraction of sp³-hybridized carbons (Fsp3) is 0.0294. The molecular formula is C34H23N3O. The third-order valence-corrected chi connectivity index (χ3v) is 6.45. The number of hydrogen-bond donors (Lipinski definition) is 0. The van der Waals surface area contributed by atoms with Crippen LogP contribution in [0.3, 0.4) is 0 Å². The second kappa shape index (κ2) is 10.0. The van der Waals surface area contributed by atoms with E-state index in [2.05, 4.69) is 47.2 Å². The molecule has 0 aliphatic carbocycles. The van der Waals surface area contributed by atoms with Crippen LogP contribution in [0.1, 0.15) is 28.1 Å². The first kappa shape index (κ1) is 23.1. The molecule has 0 bridgehead atoms. The first-order chi connectivity index (χ1) is 18.7. The van der Waals surface area contributed by atoms with Gasteiger partial charge in [-0.15, -0.1) is 0 Å². The van der Waals surface area contributed by atoms with E-state index in [9.17, 15) is 4.79 Å². The quantitative estimate of drug-likeness (QED) is 0.257. The second-order valence-corrected chi connectivity index (χ2v) is 9.06. The van der Waals surface area contributed by atoms with Gasteiger partial charge in [-0.05, 0) is 83.4 Å². The Bertz CT molecular complexity index is 1960. The van der Waals surface area contributed by atoms with Gasteiger partial charge in [0.15, 0.2) is 0 Å². The molecule has 38 heavy (non-hydrogen) atoms. The third kappa shape index (κ3) is 4.61. The molecule has 0 amide bonds. The van der Waals surface area contributed by atoms with E-state index in [1.54, 1.807) is 17.0 Å². The minimum atomic E-state index is -0.106. The van der Waals surface area contributed by atoms with Gasteiger partial charge in [-0.25, -0.2) is 4.98 Å². The highest BCUT2D eigenvalue weighted by atomic mass is 16.1. The average Bonchev–Trinajstić information content (AvgIpc) is 2.96. The maximum Gasteiger partial charge on any atom is 0.266 e. The van der Waals surface area contributed by atoms with Crippen LogP contribution in [0.25, 0.3) is 39.5 Å². The van der Waals surface area contributed by atoms with Crippen molar-refractivity contribution in [1.82, 2.24) is 14.5 Å². The van der Waals surface area contributed by atoms with Gasteiger partial charge in [0.05, 0.1) is 16.6 Å². The van der Waals surface area contributed by atoms with Crippen LogP contribution in [0.2, 0.25) is 0 Å². The fourth-order valence-electron chi connectivity index (χ4n) is 4.54. The number of rotatable bonds is 3. The largest absolute Gasteiger partial charge is 0.268 e. The van der Waals surface area contributed by atoms with E-state index >= 15 is 0 Å². The summed E-state index contributed by atoms with van der Waals surface area (Å²) in [5, 5.41) is 2.93. The first-order valence-corrected chi connectivity index (χ1v) is 12.4. The molecule has 0 unspecified atom stereocenters. The average molecular weight is 490 g/mol. The molecule has 0 aliphatic heterocycles. The van der Waals surface area contributed by atoms with Crippen molar-refractivity contribution in [3.8, 4) is 17.5 Å². The number of benzene rings is 4. The van der Waals surface area contributed by atoms with Gasteiger partial charge < -0.3 is 0 Å². The maximum absolute atomic E-state index is 13.7. The van der Waals surface area contributed by atoms with Crippen LogP contribution >= 0.6 is 0 Å². The van der Waals surface area contributed by atoms with Gasteiger partial charge in [-0.2, -0.15) is 0 Å². The van der Waals surface area contributed by atoms with Crippen molar-refractivity contribution in [2.75, 3.05) is 0 Å². The molecule has 2 aromatic heterocycles. The molecule has 0 aliphatic rings. The van der Waals surface area contributed by atoms with E-state index in [1.165, 1.54) is 5.39 Å². The van der Waals surface area contributed by atoms with E-state index < -0.39 is 0 Å². The molecule has 0 spiro atoms. The maximum atomic E-state index is 13.7. The Kier molecular flexibility index (Phi) is 6.09. The molecule has 0 N–H and O–H groups in total. The smallest absolute Gasteiger partial charge is 0.266 e. The normalized spacial score (nSPS) is 11.1. The van der Waals surface area contributed by atoms with Crippen molar-refractivity contribution < 1.29 is 0 Å². The summed E-state index contributed by atoms with van der Waals surface area (Å²) in [7, 11) is 0. The van der Waals surface area contributed by atoms with Gasteiger partial charge >= 0.3 is 0 Å². The summed E-state index contributed by atoms with van der Waals surface area (Å²) in [5.41, 5.74) is 5.03. The molecule has 4 heteroatoms. The molecule has 0 saturated heterocycles. The van der Waals surface area contributed by atoms with Crippen molar-refractivity contribution in [2.45, 2.75) is 6.92 Å². The number of pyridine rings is 1. The highest BCUT2D eigenvalue weighted by molar-refractivity contribution is 5.86. The van der Waals surface area contributed by atoms with Crippen LogP contribution in [-0.4, -0.2) is 14.5 Å². The van der Waals surface area contributed by atoms with Crippen molar-refractivity contribution >= 4 is 33.8 Å². The number of nitrogens with zero attached hydrogens (tertiary/aromatic N) is 3. The molecule has 6 rings (SSSR count). The van der Waals surface area contributed by atoms with Gasteiger partial charge in [0.1, 0.15) is 5.82 Å². The Labute approximate surface area is 220 Å². The van der Waals surface area contributed by atoms with Crippen LogP contribution in [0.4, 0.5) is 0 Å². The molecule has 2 heterocycles. The molecule has 180 valence electrons. The highest BCUT2D eigenvalue weighted by Crippen LogP contribution is 2.21. The van der Waals surface area contributed by atoms with Gasteiger partial charge in [-0.3, -0.25) is 14.3 Å². The van der Waals surface area contributed by atoms with E-state index in [1.807, 2.05) is 85.8 Å². The predicted molar refractivity (Wildman–Crippen MR) is 155 cm³/mol. The van der Waals surface area contributed by atoms with Crippen LogP contribution in [0.5, 0.6) is 0 Å². The van der Waals surface area contributed by atoms with Crippen LogP contribution in [0.15, 0.2) is 114 Å². The molecule has 6 aromatic rings. The van der Waals surface area contributed by atoms with E-state index in [0.29, 0.717) is 16.7 Å². The molecular weight excluding hydrogens is 466 g/mol. The molecule has 4 aromatic carbocycles. The number of hydrogen-bond acceptors (Lipinski definition) is 3. The van der Waals surface area contributed by atoms with Crippen LogP contribution in [0, 0.1) is 18.8 Å². The minimum Gasteiger partial charge on any atom is -0.268 e. The number of aryl methyl sites for hydroxylation is 1. The van der Waals surface area contributed by atoms with Gasteiger partial charge in [0.2, 0.25) is 0 Å². The van der Waals surface area contributed by atoms with Crippen LogP contribution in [-0.2, 0) is 0 Å². The Hall–Kier alpha value is -5.27. The Morgan fingerprint density at radius 2 is 1.58 bits per heavy atom. The monoisotopic (exact) mass is 489 g/mol. The zero-order chi connectivity index (χ0) is 25.9. The predicted octanol–water partition coefficient (Wildman–Crippen LogP) is 6.81. The highest BCUT2D eigenvalue weighted by Gasteiger charge is 2.13. The number of fused-ring (bicyclic) bond motifs is 2. The zero-order valence-electron chi connectivity index (χ0n) is 20.8. The lowest BCUT2D eigenvalue weighted by molar-refractivity contribution is 0.934. The summed E-state index contributed by atoms with van der Waals surface area (Å²) in [6.07, 6.45) is 7.38. The van der Waals surface area contributed by atoms with Gasteiger partial charge in [-0.1, -0.05) is 66.4 Å². The molecule has 0 fully saturated rings. The molecule has 0 atom stereocenters. The Balaban J connectivity index is 1.45. The minimum absolute atomic E-state index is 0.106. The van der Waals surface area contributed by atoms with Crippen molar-refractivity contribution in [3.63, 3.8) is 0 Å². The summed E-state index contributed by atoms with van der Waals surface area (Å²) in [5.74, 6) is 6.90. The van der Waals surface area contributed by atoms with Gasteiger partial charge in [0, 0.05) is 23.5 Å². The second-order valence-electron chi connectivity index (χ2n) is 9.06. The summed E-state index contributed by atoms with van der Waals surface area (Å²) >= 11 is 0. The van der Waals surface area contributed by atoms with Crippen molar-refractivity contribution in [3.05, 3.63) is 148 Å². The third-order valence-electron chi connectivity index (χ3n) is 6.45. The van der Waals surface area contributed by atoms with Crippen molar-refractivity contribution in [1.29, 1.82) is 0 Å². The van der Waals surface area contributed by atoms with E-state index in [-0.39, 0.29) is 5.56 Å². The number of aromatic nitrogens is 3. The first-order valence-electron chi connectivity index (χ1n) is 12.4. The SMILES string of the molecule is Cc1cc(C#Cc2cccnc2)ccc1-n1c(/C=C/c2ccc3ccccc3c2)nc2ccccc2c1=O. The molecule has 4 nitrogen and oxygen atoms in total. The van der Waals surface area contributed by atoms with E-state index in [0.717, 1.165) is 33.3 Å². The van der Waals surface area contributed by atoms with Crippen LogP contribution < -0.4 is 5.56 Å². The lowest BCUT2D eigenvalue weighted by Crippen LogP contribution is -2.23.